The van der Waals surface area contributed by atoms with Crippen LogP contribution in [0.3, 0.4) is 0 Å². The lowest BCUT2D eigenvalue weighted by Gasteiger charge is -2.35. The highest BCUT2D eigenvalue weighted by Gasteiger charge is 2.32. The molecule has 3 aliphatic rings. The number of carbonyl (C=O) groups excluding carboxylic acids is 2. The fourth-order valence-electron chi connectivity index (χ4n) is 5.24. The van der Waals surface area contributed by atoms with Gasteiger partial charge in [0.2, 0.25) is 5.91 Å². The van der Waals surface area contributed by atoms with Crippen LogP contribution < -0.4 is 10.6 Å². The molecule has 0 heterocycles. The summed E-state index contributed by atoms with van der Waals surface area (Å²) >= 11 is 0. The van der Waals surface area contributed by atoms with Crippen molar-refractivity contribution >= 4 is 11.7 Å². The van der Waals surface area contributed by atoms with Gasteiger partial charge in [-0.3, -0.25) is 9.59 Å². The van der Waals surface area contributed by atoms with Crippen LogP contribution >= 0.6 is 0 Å². The van der Waals surface area contributed by atoms with Crippen LogP contribution in [0.15, 0.2) is 0 Å². The second kappa shape index (κ2) is 10.0. The monoisotopic (exact) mass is 378 g/mol. The molecule has 0 aromatic rings. The van der Waals surface area contributed by atoms with Crippen molar-refractivity contribution in [1.29, 1.82) is 0 Å². The van der Waals surface area contributed by atoms with Crippen LogP contribution in [0.25, 0.3) is 0 Å². The predicted octanol–water partition coefficient (Wildman–Crippen LogP) is 3.36. The van der Waals surface area contributed by atoms with Gasteiger partial charge in [-0.1, -0.05) is 0 Å². The summed E-state index contributed by atoms with van der Waals surface area (Å²) < 4.78 is 6.32. The van der Waals surface area contributed by atoms with Crippen LogP contribution in [-0.2, 0) is 14.3 Å². The number of hydrogen-bond donors (Lipinski definition) is 2. The third-order valence-corrected chi connectivity index (χ3v) is 7.11. The first-order chi connectivity index (χ1) is 13.0. The van der Waals surface area contributed by atoms with Gasteiger partial charge in [-0.15, -0.1) is 0 Å². The fraction of sp³-hybridized carbons (Fsp3) is 0.909. The second-order valence-electron chi connectivity index (χ2n) is 9.05. The van der Waals surface area contributed by atoms with E-state index >= 15 is 0 Å². The molecule has 0 aromatic heterocycles. The van der Waals surface area contributed by atoms with Crippen molar-refractivity contribution in [1.82, 2.24) is 10.6 Å². The molecule has 3 saturated carbocycles. The summed E-state index contributed by atoms with van der Waals surface area (Å²) in [6.45, 7) is 1.71. The summed E-state index contributed by atoms with van der Waals surface area (Å²) in [6.07, 6.45) is 13.1. The lowest BCUT2D eigenvalue weighted by Crippen LogP contribution is -2.46. The van der Waals surface area contributed by atoms with E-state index in [9.17, 15) is 9.59 Å². The molecule has 0 bridgehead atoms. The quantitative estimate of drug-likeness (QED) is 0.744. The Kier molecular flexibility index (Phi) is 7.71. The van der Waals surface area contributed by atoms with Gasteiger partial charge < -0.3 is 15.4 Å². The summed E-state index contributed by atoms with van der Waals surface area (Å²) in [5, 5.41) is 6.67. The molecule has 0 aliphatic heterocycles. The molecule has 2 unspecified atom stereocenters. The van der Waals surface area contributed by atoms with Crippen molar-refractivity contribution in [3.63, 3.8) is 0 Å². The average molecular weight is 379 g/mol. The van der Waals surface area contributed by atoms with Gasteiger partial charge in [0.15, 0.2) is 0 Å². The highest BCUT2D eigenvalue weighted by Crippen LogP contribution is 2.32. The Morgan fingerprint density at radius 1 is 0.778 bits per heavy atom. The smallest absolute Gasteiger partial charge is 0.223 e. The molecule has 0 spiro atoms. The first kappa shape index (κ1) is 20.8. The molecular formula is C22H38N2O3. The molecule has 27 heavy (non-hydrogen) atoms. The number of nitrogens with one attached hydrogen (secondary N) is 2. The van der Waals surface area contributed by atoms with E-state index in [1.807, 2.05) is 7.05 Å². The lowest BCUT2D eigenvalue weighted by molar-refractivity contribution is -0.129. The maximum atomic E-state index is 12.7. The Morgan fingerprint density at radius 3 is 1.89 bits per heavy atom. The molecule has 2 N–H and O–H groups in total. The minimum absolute atomic E-state index is 0.160. The first-order valence-electron chi connectivity index (χ1n) is 11.2. The Balaban J connectivity index is 1.35. The minimum Gasteiger partial charge on any atom is -0.375 e. The van der Waals surface area contributed by atoms with Crippen LogP contribution in [0, 0.1) is 11.8 Å². The van der Waals surface area contributed by atoms with Gasteiger partial charge >= 0.3 is 0 Å². The zero-order chi connectivity index (χ0) is 19.2. The number of rotatable bonds is 6. The molecular weight excluding hydrogens is 340 g/mol. The molecule has 5 heteroatoms. The number of ether oxygens (including phenoxy) is 1. The molecule has 3 aliphatic carbocycles. The topological polar surface area (TPSA) is 67.4 Å². The van der Waals surface area contributed by atoms with Crippen LogP contribution in [-0.4, -0.2) is 43.0 Å². The largest absolute Gasteiger partial charge is 0.375 e. The predicted molar refractivity (Wildman–Crippen MR) is 107 cm³/mol. The van der Waals surface area contributed by atoms with Crippen molar-refractivity contribution in [2.75, 3.05) is 7.05 Å². The lowest BCUT2D eigenvalue weighted by atomic mass is 9.83. The number of carbonyl (C=O) groups is 2. The van der Waals surface area contributed by atoms with Gasteiger partial charge in [0.05, 0.1) is 12.2 Å². The maximum Gasteiger partial charge on any atom is 0.223 e. The van der Waals surface area contributed by atoms with Crippen LogP contribution in [0.4, 0.5) is 0 Å². The Hall–Kier alpha value is -0.940. The Bertz CT molecular complexity index is 494. The van der Waals surface area contributed by atoms with Crippen molar-refractivity contribution in [2.24, 2.45) is 11.8 Å². The molecule has 1 amide bonds. The highest BCUT2D eigenvalue weighted by atomic mass is 16.5. The molecule has 0 saturated heterocycles. The Morgan fingerprint density at radius 2 is 1.33 bits per heavy atom. The summed E-state index contributed by atoms with van der Waals surface area (Å²) in [5.41, 5.74) is 0. The van der Waals surface area contributed by atoms with Gasteiger partial charge in [0.25, 0.3) is 0 Å². The normalized spacial score (nSPS) is 37.6. The van der Waals surface area contributed by atoms with E-state index in [0.717, 1.165) is 64.2 Å². The minimum atomic E-state index is 0.160. The fourth-order valence-corrected chi connectivity index (χ4v) is 5.24. The van der Waals surface area contributed by atoms with E-state index < -0.39 is 0 Å². The van der Waals surface area contributed by atoms with Gasteiger partial charge in [-0.05, 0) is 91.0 Å². The first-order valence-corrected chi connectivity index (χ1v) is 11.2. The second-order valence-corrected chi connectivity index (χ2v) is 9.05. The number of hydrogen-bond acceptors (Lipinski definition) is 4. The van der Waals surface area contributed by atoms with Crippen molar-refractivity contribution < 1.29 is 14.3 Å². The van der Waals surface area contributed by atoms with E-state index in [1.165, 1.54) is 12.8 Å². The highest BCUT2D eigenvalue weighted by molar-refractivity contribution is 5.79. The molecule has 0 radical (unpaired) electrons. The van der Waals surface area contributed by atoms with Crippen molar-refractivity contribution in [3.8, 4) is 0 Å². The van der Waals surface area contributed by atoms with E-state index in [-0.39, 0.29) is 17.7 Å². The maximum absolute atomic E-state index is 12.7. The zero-order valence-corrected chi connectivity index (χ0v) is 17.2. The van der Waals surface area contributed by atoms with Crippen molar-refractivity contribution in [2.45, 2.75) is 108 Å². The van der Waals surface area contributed by atoms with Crippen LogP contribution in [0.1, 0.15) is 84.0 Å². The molecule has 0 aromatic carbocycles. The zero-order valence-electron chi connectivity index (χ0n) is 17.2. The summed E-state index contributed by atoms with van der Waals surface area (Å²) in [4.78, 5) is 24.1. The summed E-state index contributed by atoms with van der Waals surface area (Å²) in [5.74, 6) is 1.01. The number of amides is 1. The van der Waals surface area contributed by atoms with Gasteiger partial charge in [0, 0.05) is 23.9 Å². The number of Topliss-reactive ketones (excluding diaryl/α,β-unsaturated/α-hetero) is 1. The molecule has 154 valence electrons. The molecule has 3 rings (SSSR count). The van der Waals surface area contributed by atoms with E-state index in [0.29, 0.717) is 30.1 Å². The van der Waals surface area contributed by atoms with Crippen LogP contribution in [0.5, 0.6) is 0 Å². The third-order valence-electron chi connectivity index (χ3n) is 7.11. The summed E-state index contributed by atoms with van der Waals surface area (Å²) in [6, 6.07) is 0.889. The van der Waals surface area contributed by atoms with Crippen molar-refractivity contribution in [3.05, 3.63) is 0 Å². The van der Waals surface area contributed by atoms with E-state index in [1.54, 1.807) is 6.92 Å². The molecule has 2 atom stereocenters. The Labute approximate surface area is 164 Å². The number of ketones is 1. The SMILES string of the molecule is CNC1CCCC(NC(=O)C2CCC(OC3CCC(C(C)=O)CC3)CC2)C1. The van der Waals surface area contributed by atoms with Crippen LogP contribution in [0.2, 0.25) is 0 Å². The van der Waals surface area contributed by atoms with Gasteiger partial charge in [-0.25, -0.2) is 0 Å². The standard InChI is InChI=1S/C22H38N2O3/c1-15(25)16-6-10-20(11-7-16)27-21-12-8-17(9-13-21)22(26)24-19-5-3-4-18(14-19)23-2/h16-21,23H,3-14H2,1-2H3,(H,24,26). The molecule has 3 fully saturated rings. The van der Waals surface area contributed by atoms with E-state index in [2.05, 4.69) is 10.6 Å². The van der Waals surface area contributed by atoms with Gasteiger partial charge in [0.1, 0.15) is 5.78 Å². The molecule has 5 nitrogen and oxygen atoms in total. The summed E-state index contributed by atoms with van der Waals surface area (Å²) in [7, 11) is 2.02. The van der Waals surface area contributed by atoms with E-state index in [4.69, 9.17) is 4.74 Å². The average Bonchev–Trinajstić information content (AvgIpc) is 2.69. The van der Waals surface area contributed by atoms with Gasteiger partial charge in [-0.2, -0.15) is 0 Å². The third kappa shape index (κ3) is 6.02.